The molecule has 0 heterocycles. The molecule has 0 saturated heterocycles. The predicted octanol–water partition coefficient (Wildman–Crippen LogP) is 3.39. The number of nitrogens with zero attached hydrogens (tertiary/aromatic N) is 1. The predicted molar refractivity (Wildman–Crippen MR) is 79.4 cm³/mol. The molecular weight excluding hydrogens is 269 g/mol. The van der Waals surface area contributed by atoms with Crippen LogP contribution in [-0.4, -0.2) is 23.0 Å². The fourth-order valence-corrected chi connectivity index (χ4v) is 2.39. The smallest absolute Gasteiger partial charge is 0.325 e. The van der Waals surface area contributed by atoms with E-state index < -0.39 is 12.0 Å². The molecule has 1 N–H and O–H groups in total. The fraction of sp³-hybridized carbons (Fsp3) is 0.235. The van der Waals surface area contributed by atoms with Gasteiger partial charge < -0.3 is 5.11 Å². The number of rotatable bonds is 5. The van der Waals surface area contributed by atoms with Gasteiger partial charge in [0, 0.05) is 6.54 Å². The molecule has 0 aromatic heterocycles. The van der Waals surface area contributed by atoms with Gasteiger partial charge in [-0.2, -0.15) is 0 Å². The number of hydrogen-bond donors (Lipinski definition) is 1. The minimum atomic E-state index is -0.945. The van der Waals surface area contributed by atoms with E-state index in [1.807, 2.05) is 30.3 Å². The Balaban J connectivity index is 2.26. The van der Waals surface area contributed by atoms with E-state index in [-0.39, 0.29) is 5.82 Å². The first-order chi connectivity index (χ1) is 9.99. The van der Waals surface area contributed by atoms with Crippen molar-refractivity contribution in [2.24, 2.45) is 0 Å². The highest BCUT2D eigenvalue weighted by atomic mass is 19.1. The van der Waals surface area contributed by atoms with E-state index >= 15 is 0 Å². The summed E-state index contributed by atoms with van der Waals surface area (Å²) >= 11 is 0. The lowest BCUT2D eigenvalue weighted by atomic mass is 10.0. The first kappa shape index (κ1) is 15.2. The monoisotopic (exact) mass is 287 g/mol. The lowest BCUT2D eigenvalue weighted by Gasteiger charge is -2.25. The van der Waals surface area contributed by atoms with E-state index in [2.05, 4.69) is 0 Å². The van der Waals surface area contributed by atoms with Crippen LogP contribution in [0.4, 0.5) is 4.39 Å². The van der Waals surface area contributed by atoms with Crippen molar-refractivity contribution in [1.29, 1.82) is 0 Å². The summed E-state index contributed by atoms with van der Waals surface area (Å²) in [7, 11) is 1.75. The number of hydrogen-bond acceptors (Lipinski definition) is 2. The number of carboxylic acid groups (broad SMARTS) is 1. The molecule has 2 aromatic rings. The maximum absolute atomic E-state index is 13.4. The molecule has 0 aliphatic carbocycles. The first-order valence-corrected chi connectivity index (χ1v) is 6.72. The molecule has 4 heteroatoms. The van der Waals surface area contributed by atoms with Crippen molar-refractivity contribution in [3.05, 3.63) is 71.0 Å². The van der Waals surface area contributed by atoms with E-state index in [0.717, 1.165) is 5.56 Å². The molecule has 0 spiro atoms. The minimum absolute atomic E-state index is 0.325. The van der Waals surface area contributed by atoms with Crippen LogP contribution in [-0.2, 0) is 11.3 Å². The normalized spacial score (nSPS) is 12.4. The van der Waals surface area contributed by atoms with Gasteiger partial charge in [0.1, 0.15) is 11.9 Å². The maximum atomic E-state index is 13.4. The Hall–Kier alpha value is -2.20. The highest BCUT2D eigenvalue weighted by Crippen LogP contribution is 2.23. The molecule has 2 aromatic carbocycles. The topological polar surface area (TPSA) is 40.5 Å². The molecule has 0 aliphatic rings. The third-order valence-corrected chi connectivity index (χ3v) is 3.45. The van der Waals surface area contributed by atoms with Crippen LogP contribution in [0, 0.1) is 12.7 Å². The van der Waals surface area contributed by atoms with Crippen molar-refractivity contribution in [3.8, 4) is 0 Å². The number of aliphatic carboxylic acids is 1. The minimum Gasteiger partial charge on any atom is -0.480 e. The standard InChI is InChI=1S/C17H18FNO2/c1-12-10-14(8-9-15(12)18)16(17(20)21)19(2)11-13-6-4-3-5-7-13/h3-10,16H,11H2,1-2H3,(H,20,21). The number of likely N-dealkylation sites (N-methyl/N-ethyl adjacent to an activating group) is 1. The molecule has 21 heavy (non-hydrogen) atoms. The number of carbonyl (C=O) groups is 1. The van der Waals surface area contributed by atoms with Crippen LogP contribution < -0.4 is 0 Å². The molecular formula is C17H18FNO2. The van der Waals surface area contributed by atoms with Gasteiger partial charge in [-0.25, -0.2) is 4.39 Å². The zero-order valence-electron chi connectivity index (χ0n) is 12.1. The SMILES string of the molecule is Cc1cc(C(C(=O)O)N(C)Cc2ccccc2)ccc1F. The van der Waals surface area contributed by atoms with Crippen LogP contribution in [0.15, 0.2) is 48.5 Å². The van der Waals surface area contributed by atoms with Crippen molar-refractivity contribution >= 4 is 5.97 Å². The van der Waals surface area contributed by atoms with Crippen molar-refractivity contribution in [2.75, 3.05) is 7.05 Å². The summed E-state index contributed by atoms with van der Waals surface area (Å²) in [5.41, 5.74) is 2.07. The van der Waals surface area contributed by atoms with E-state index in [1.54, 1.807) is 24.9 Å². The van der Waals surface area contributed by atoms with Gasteiger partial charge in [-0.15, -0.1) is 0 Å². The molecule has 0 amide bonds. The second-order valence-electron chi connectivity index (χ2n) is 5.15. The van der Waals surface area contributed by atoms with Crippen molar-refractivity contribution < 1.29 is 14.3 Å². The van der Waals surface area contributed by atoms with Crippen molar-refractivity contribution in [3.63, 3.8) is 0 Å². The van der Waals surface area contributed by atoms with E-state index in [1.165, 1.54) is 12.1 Å². The molecule has 1 unspecified atom stereocenters. The molecule has 3 nitrogen and oxygen atoms in total. The summed E-state index contributed by atoms with van der Waals surface area (Å²) < 4.78 is 13.4. The van der Waals surface area contributed by atoms with E-state index in [9.17, 15) is 14.3 Å². The largest absolute Gasteiger partial charge is 0.480 e. The molecule has 0 aliphatic heterocycles. The Kier molecular flexibility index (Phi) is 4.70. The zero-order valence-corrected chi connectivity index (χ0v) is 12.1. The summed E-state index contributed by atoms with van der Waals surface area (Å²) in [6.07, 6.45) is 0. The maximum Gasteiger partial charge on any atom is 0.325 e. The van der Waals surface area contributed by atoms with E-state index in [4.69, 9.17) is 0 Å². The molecule has 1 atom stereocenters. The number of benzene rings is 2. The Morgan fingerprint density at radius 2 is 1.90 bits per heavy atom. The Labute approximate surface area is 123 Å². The molecule has 0 saturated carbocycles. The highest BCUT2D eigenvalue weighted by Gasteiger charge is 2.25. The van der Waals surface area contributed by atoms with Crippen LogP contribution in [0.25, 0.3) is 0 Å². The van der Waals surface area contributed by atoms with Gasteiger partial charge in [-0.3, -0.25) is 9.69 Å². The van der Waals surface area contributed by atoms with Gasteiger partial charge in [-0.1, -0.05) is 42.5 Å². The second kappa shape index (κ2) is 6.50. The summed E-state index contributed by atoms with van der Waals surface area (Å²) in [6, 6.07) is 13.3. The highest BCUT2D eigenvalue weighted by molar-refractivity contribution is 5.75. The van der Waals surface area contributed by atoms with Crippen LogP contribution in [0.3, 0.4) is 0 Å². The average Bonchev–Trinajstić information content (AvgIpc) is 2.43. The van der Waals surface area contributed by atoms with Crippen molar-refractivity contribution in [2.45, 2.75) is 19.5 Å². The van der Waals surface area contributed by atoms with E-state index in [0.29, 0.717) is 17.7 Å². The molecule has 110 valence electrons. The fourth-order valence-electron chi connectivity index (χ4n) is 2.39. The third-order valence-electron chi connectivity index (χ3n) is 3.45. The summed E-state index contributed by atoms with van der Waals surface area (Å²) in [5.74, 6) is -1.27. The van der Waals surface area contributed by atoms with Crippen LogP contribution in [0.5, 0.6) is 0 Å². The molecule has 0 bridgehead atoms. The summed E-state index contributed by atoms with van der Waals surface area (Å²) in [5, 5.41) is 9.50. The van der Waals surface area contributed by atoms with Gasteiger partial charge >= 0.3 is 5.97 Å². The number of aryl methyl sites for hydroxylation is 1. The Morgan fingerprint density at radius 1 is 1.24 bits per heavy atom. The Bertz CT molecular complexity index is 628. The van der Waals surface area contributed by atoms with Gasteiger partial charge in [0.05, 0.1) is 0 Å². The van der Waals surface area contributed by atoms with Crippen molar-refractivity contribution in [1.82, 2.24) is 4.90 Å². The number of halogens is 1. The summed E-state index contributed by atoms with van der Waals surface area (Å²) in [4.78, 5) is 13.3. The third kappa shape index (κ3) is 3.67. The van der Waals surface area contributed by atoms with Crippen LogP contribution >= 0.6 is 0 Å². The lowest BCUT2D eigenvalue weighted by molar-refractivity contribution is -0.143. The zero-order chi connectivity index (χ0) is 15.4. The Morgan fingerprint density at radius 3 is 2.48 bits per heavy atom. The quantitative estimate of drug-likeness (QED) is 0.916. The number of carboxylic acids is 1. The first-order valence-electron chi connectivity index (χ1n) is 6.72. The van der Waals surface area contributed by atoms with Crippen LogP contribution in [0.2, 0.25) is 0 Å². The van der Waals surface area contributed by atoms with Gasteiger partial charge in [0.15, 0.2) is 0 Å². The molecule has 2 rings (SSSR count). The van der Waals surface area contributed by atoms with Crippen LogP contribution in [0.1, 0.15) is 22.7 Å². The average molecular weight is 287 g/mol. The molecule has 0 fully saturated rings. The summed E-state index contributed by atoms with van der Waals surface area (Å²) in [6.45, 7) is 2.14. The van der Waals surface area contributed by atoms with Gasteiger partial charge in [0.25, 0.3) is 0 Å². The van der Waals surface area contributed by atoms with Gasteiger partial charge in [0.2, 0.25) is 0 Å². The molecule has 0 radical (unpaired) electrons. The van der Waals surface area contributed by atoms with Gasteiger partial charge in [-0.05, 0) is 36.7 Å². The second-order valence-corrected chi connectivity index (χ2v) is 5.15. The lowest BCUT2D eigenvalue weighted by Crippen LogP contribution is -2.30.